The number of nitrogens with zero attached hydrogens (tertiary/aromatic N) is 5. The number of hydrogen-bond donors (Lipinski definition) is 1. The smallest absolute Gasteiger partial charge is 0.257 e. The van der Waals surface area contributed by atoms with Crippen LogP contribution < -0.4 is 15.1 Å². The van der Waals surface area contributed by atoms with Crippen LogP contribution in [0.3, 0.4) is 0 Å². The average molecular weight is 304 g/mol. The number of rotatable bonds is 4. The molecule has 8 heteroatoms. The molecule has 0 saturated heterocycles. The van der Waals surface area contributed by atoms with Gasteiger partial charge in [0.15, 0.2) is 5.82 Å². The van der Waals surface area contributed by atoms with Crippen LogP contribution in [-0.2, 0) is 0 Å². The van der Waals surface area contributed by atoms with Gasteiger partial charge in [-0.2, -0.15) is 4.98 Å². The highest BCUT2D eigenvalue weighted by molar-refractivity contribution is 6.05. The van der Waals surface area contributed by atoms with Gasteiger partial charge in [-0.05, 0) is 6.07 Å². The lowest BCUT2D eigenvalue weighted by molar-refractivity contribution is 0.102. The second-order valence-corrected chi connectivity index (χ2v) is 5.04. The Labute approximate surface area is 127 Å². The molecule has 2 aromatic heterocycles. The molecule has 2 aromatic rings. The van der Waals surface area contributed by atoms with E-state index < -0.39 is 11.7 Å². The van der Waals surface area contributed by atoms with E-state index in [9.17, 15) is 9.18 Å². The molecule has 7 nitrogen and oxygen atoms in total. The van der Waals surface area contributed by atoms with Crippen LogP contribution in [-0.4, -0.2) is 49.0 Å². The van der Waals surface area contributed by atoms with E-state index in [0.717, 1.165) is 12.3 Å². The molecule has 0 bridgehead atoms. The van der Waals surface area contributed by atoms with Crippen molar-refractivity contribution in [3.05, 3.63) is 36.0 Å². The van der Waals surface area contributed by atoms with Gasteiger partial charge in [-0.25, -0.2) is 9.37 Å². The second kappa shape index (κ2) is 6.33. The molecule has 0 radical (unpaired) electrons. The Hall–Kier alpha value is -2.77. The van der Waals surface area contributed by atoms with E-state index in [1.54, 1.807) is 23.9 Å². The van der Waals surface area contributed by atoms with E-state index in [1.165, 1.54) is 12.4 Å². The van der Waals surface area contributed by atoms with E-state index >= 15 is 0 Å². The number of nitrogens with one attached hydrogen (secondary N) is 1. The Morgan fingerprint density at radius 2 is 1.86 bits per heavy atom. The lowest BCUT2D eigenvalue weighted by Gasteiger charge is -2.19. The monoisotopic (exact) mass is 304 g/mol. The maximum atomic E-state index is 13.1. The van der Waals surface area contributed by atoms with Crippen molar-refractivity contribution in [2.24, 2.45) is 0 Å². The highest BCUT2D eigenvalue weighted by atomic mass is 19.1. The fourth-order valence-electron chi connectivity index (χ4n) is 1.74. The topological polar surface area (TPSA) is 74.2 Å². The number of amides is 1. The normalized spacial score (nSPS) is 10.2. The van der Waals surface area contributed by atoms with Gasteiger partial charge < -0.3 is 15.1 Å². The summed E-state index contributed by atoms with van der Waals surface area (Å²) in [5.74, 6) is 0.0292. The molecule has 22 heavy (non-hydrogen) atoms. The summed E-state index contributed by atoms with van der Waals surface area (Å²) in [5.41, 5.74) is 0.561. The minimum Gasteiger partial charge on any atom is -0.361 e. The molecule has 0 aliphatic carbocycles. The Morgan fingerprint density at radius 3 is 2.45 bits per heavy atom. The number of hydrogen-bond acceptors (Lipinski definition) is 6. The van der Waals surface area contributed by atoms with Gasteiger partial charge >= 0.3 is 0 Å². The summed E-state index contributed by atoms with van der Waals surface area (Å²) in [6.45, 7) is 0. The molecule has 2 rings (SSSR count). The van der Waals surface area contributed by atoms with E-state index in [2.05, 4.69) is 20.3 Å². The molecule has 0 unspecified atom stereocenters. The van der Waals surface area contributed by atoms with Crippen LogP contribution >= 0.6 is 0 Å². The number of carbonyl (C=O) groups is 1. The summed E-state index contributed by atoms with van der Waals surface area (Å²) < 4.78 is 13.1. The summed E-state index contributed by atoms with van der Waals surface area (Å²) in [6.07, 6.45) is 3.85. The first-order valence-electron chi connectivity index (χ1n) is 6.52. The van der Waals surface area contributed by atoms with Crippen molar-refractivity contribution in [1.82, 2.24) is 15.0 Å². The number of anilines is 3. The van der Waals surface area contributed by atoms with Gasteiger partial charge in [0.05, 0.1) is 18.0 Å². The number of carbonyl (C=O) groups excluding carboxylic acids is 1. The van der Waals surface area contributed by atoms with Crippen molar-refractivity contribution < 1.29 is 9.18 Å². The highest BCUT2D eigenvalue weighted by Gasteiger charge is 2.14. The fraction of sp³-hybridized carbons (Fsp3) is 0.286. The first-order chi connectivity index (χ1) is 10.4. The van der Waals surface area contributed by atoms with E-state index in [4.69, 9.17) is 0 Å². The predicted molar refractivity (Wildman–Crippen MR) is 82.8 cm³/mol. The van der Waals surface area contributed by atoms with Crippen molar-refractivity contribution in [3.63, 3.8) is 0 Å². The largest absolute Gasteiger partial charge is 0.361 e. The fourth-order valence-corrected chi connectivity index (χ4v) is 1.74. The van der Waals surface area contributed by atoms with Crippen LogP contribution in [0, 0.1) is 5.82 Å². The van der Waals surface area contributed by atoms with Gasteiger partial charge in [0, 0.05) is 34.4 Å². The van der Waals surface area contributed by atoms with Crippen LogP contribution in [0.1, 0.15) is 10.4 Å². The van der Waals surface area contributed by atoms with Crippen LogP contribution in [0.25, 0.3) is 0 Å². The molecule has 0 aromatic carbocycles. The van der Waals surface area contributed by atoms with Gasteiger partial charge in [-0.1, -0.05) is 0 Å². The molecule has 0 aliphatic rings. The molecule has 2 heterocycles. The zero-order chi connectivity index (χ0) is 16.3. The van der Waals surface area contributed by atoms with E-state index in [1.807, 2.05) is 14.1 Å². The number of aromatic nitrogens is 3. The van der Waals surface area contributed by atoms with Crippen LogP contribution in [0.15, 0.2) is 24.7 Å². The highest BCUT2D eigenvalue weighted by Crippen LogP contribution is 2.23. The standard InChI is InChI=1S/C14H17FN6O/c1-20(2)12-11(8-17-14(19-12)21(3)4)18-13(22)9-5-10(15)7-16-6-9/h5-8H,1-4H3,(H,18,22). The first-order valence-corrected chi connectivity index (χ1v) is 6.52. The zero-order valence-electron chi connectivity index (χ0n) is 12.8. The second-order valence-electron chi connectivity index (χ2n) is 5.04. The zero-order valence-corrected chi connectivity index (χ0v) is 12.8. The molecule has 0 atom stereocenters. The third-order valence-corrected chi connectivity index (χ3v) is 2.79. The third-order valence-electron chi connectivity index (χ3n) is 2.79. The molecule has 0 fully saturated rings. The van der Waals surface area contributed by atoms with Crippen LogP contribution in [0.4, 0.5) is 21.8 Å². The average Bonchev–Trinajstić information content (AvgIpc) is 2.47. The quantitative estimate of drug-likeness (QED) is 0.920. The maximum Gasteiger partial charge on any atom is 0.257 e. The maximum absolute atomic E-state index is 13.1. The Morgan fingerprint density at radius 1 is 1.14 bits per heavy atom. The van der Waals surface area contributed by atoms with Gasteiger partial charge in [-0.15, -0.1) is 0 Å². The van der Waals surface area contributed by atoms with Crippen molar-refractivity contribution in [2.75, 3.05) is 43.3 Å². The molecule has 0 spiro atoms. The Bertz CT molecular complexity index is 689. The van der Waals surface area contributed by atoms with Crippen LogP contribution in [0.5, 0.6) is 0 Å². The summed E-state index contributed by atoms with van der Waals surface area (Å²) >= 11 is 0. The van der Waals surface area contributed by atoms with Gasteiger partial charge in [-0.3, -0.25) is 9.78 Å². The molecule has 0 aliphatic heterocycles. The predicted octanol–water partition coefficient (Wildman–Crippen LogP) is 1.39. The SMILES string of the molecule is CN(C)c1ncc(NC(=O)c2cncc(F)c2)c(N(C)C)n1. The molecule has 116 valence electrons. The van der Waals surface area contributed by atoms with Crippen molar-refractivity contribution in [1.29, 1.82) is 0 Å². The first kappa shape index (κ1) is 15.6. The molecule has 1 N–H and O–H groups in total. The summed E-state index contributed by atoms with van der Waals surface area (Å²) in [5, 5.41) is 2.67. The summed E-state index contributed by atoms with van der Waals surface area (Å²) in [6, 6.07) is 1.12. The minimum atomic E-state index is -0.570. The van der Waals surface area contributed by atoms with Gasteiger partial charge in [0.1, 0.15) is 11.5 Å². The van der Waals surface area contributed by atoms with E-state index in [0.29, 0.717) is 17.5 Å². The molecule has 1 amide bonds. The lowest BCUT2D eigenvalue weighted by atomic mass is 10.2. The van der Waals surface area contributed by atoms with Gasteiger partial charge in [0.2, 0.25) is 5.95 Å². The molecular weight excluding hydrogens is 287 g/mol. The summed E-state index contributed by atoms with van der Waals surface area (Å²) in [7, 11) is 7.26. The van der Waals surface area contributed by atoms with Crippen molar-refractivity contribution in [2.45, 2.75) is 0 Å². The van der Waals surface area contributed by atoms with E-state index in [-0.39, 0.29) is 5.56 Å². The molecule has 0 saturated carbocycles. The van der Waals surface area contributed by atoms with Crippen molar-refractivity contribution in [3.8, 4) is 0 Å². The van der Waals surface area contributed by atoms with Crippen molar-refractivity contribution >= 4 is 23.4 Å². The van der Waals surface area contributed by atoms with Gasteiger partial charge in [0.25, 0.3) is 5.91 Å². The van der Waals surface area contributed by atoms with Crippen LogP contribution in [0.2, 0.25) is 0 Å². The Balaban J connectivity index is 2.30. The Kier molecular flexibility index (Phi) is 4.50. The number of pyridine rings is 1. The number of halogens is 1. The molecular formula is C14H17FN6O. The lowest BCUT2D eigenvalue weighted by Crippen LogP contribution is -2.21. The minimum absolute atomic E-state index is 0.126. The third kappa shape index (κ3) is 3.46. The summed E-state index contributed by atoms with van der Waals surface area (Å²) in [4.78, 5) is 27.9.